The maximum Gasteiger partial charge on any atom is 0.416 e. The van der Waals surface area contributed by atoms with E-state index in [2.05, 4.69) is 9.68 Å². The smallest absolute Gasteiger partial charge is 0.370 e. The Kier molecular flexibility index (Phi) is 4.08. The highest BCUT2D eigenvalue weighted by Gasteiger charge is 2.37. The summed E-state index contributed by atoms with van der Waals surface area (Å²) >= 11 is 0. The van der Waals surface area contributed by atoms with Crippen LogP contribution in [0, 0.1) is 0 Å². The van der Waals surface area contributed by atoms with E-state index in [-0.39, 0.29) is 31.0 Å². The second-order valence-corrected chi connectivity index (χ2v) is 5.08. The molecular formula is C15H13F3N2O3. The molecule has 5 nitrogen and oxygen atoms in total. The van der Waals surface area contributed by atoms with Crippen LogP contribution in [0.25, 0.3) is 0 Å². The summed E-state index contributed by atoms with van der Waals surface area (Å²) in [5, 5.41) is 3.56. The minimum absolute atomic E-state index is 0.0256. The summed E-state index contributed by atoms with van der Waals surface area (Å²) in [6.45, 7) is 0.468. The Hall–Kier alpha value is -2.35. The first kappa shape index (κ1) is 15.5. The summed E-state index contributed by atoms with van der Waals surface area (Å²) in [7, 11) is 0. The molecule has 0 saturated carbocycles. The first-order valence-corrected chi connectivity index (χ1v) is 6.94. The van der Waals surface area contributed by atoms with Gasteiger partial charge in [0.25, 0.3) is 5.91 Å². The highest BCUT2D eigenvalue weighted by molar-refractivity contribution is 5.92. The molecule has 1 aromatic carbocycles. The lowest BCUT2D eigenvalue weighted by Crippen LogP contribution is -2.42. The number of benzene rings is 1. The third-order valence-corrected chi connectivity index (χ3v) is 3.62. The normalized spacial score (nSPS) is 18.9. The van der Waals surface area contributed by atoms with Crippen molar-refractivity contribution >= 4 is 5.91 Å². The zero-order valence-electron chi connectivity index (χ0n) is 11.9. The number of nitrogens with zero attached hydrogens (tertiary/aromatic N) is 2. The molecule has 0 spiro atoms. The second kappa shape index (κ2) is 6.04. The molecule has 1 aromatic heterocycles. The molecule has 1 amide bonds. The van der Waals surface area contributed by atoms with Crippen molar-refractivity contribution in [3.8, 4) is 0 Å². The van der Waals surface area contributed by atoms with Gasteiger partial charge >= 0.3 is 6.18 Å². The summed E-state index contributed by atoms with van der Waals surface area (Å²) in [5.41, 5.74) is -0.604. The molecule has 122 valence electrons. The van der Waals surface area contributed by atoms with Gasteiger partial charge in [-0.2, -0.15) is 13.2 Å². The van der Waals surface area contributed by atoms with Crippen LogP contribution in [0.2, 0.25) is 0 Å². The predicted octanol–water partition coefficient (Wildman–Crippen LogP) is 2.91. The van der Waals surface area contributed by atoms with Gasteiger partial charge in [-0.1, -0.05) is 23.4 Å². The second-order valence-electron chi connectivity index (χ2n) is 5.08. The number of rotatable bonds is 2. The van der Waals surface area contributed by atoms with E-state index in [0.29, 0.717) is 0 Å². The molecule has 1 atom stereocenters. The van der Waals surface area contributed by atoms with Crippen molar-refractivity contribution in [3.05, 3.63) is 53.4 Å². The minimum atomic E-state index is -4.47. The molecule has 0 radical (unpaired) electrons. The number of carbonyl (C=O) groups excluding carboxylic acids is 1. The first-order chi connectivity index (χ1) is 11.0. The Labute approximate surface area is 129 Å². The number of halogens is 3. The molecule has 0 N–H and O–H groups in total. The first-order valence-electron chi connectivity index (χ1n) is 6.94. The third-order valence-electron chi connectivity index (χ3n) is 3.62. The molecule has 0 bridgehead atoms. The van der Waals surface area contributed by atoms with Gasteiger partial charge in [0, 0.05) is 12.6 Å². The average Bonchev–Trinajstić information content (AvgIpc) is 3.08. The molecule has 23 heavy (non-hydrogen) atoms. The molecule has 1 saturated heterocycles. The number of hydrogen-bond donors (Lipinski definition) is 0. The third kappa shape index (κ3) is 3.21. The molecular weight excluding hydrogens is 313 g/mol. The number of hydrogen-bond acceptors (Lipinski definition) is 4. The number of morpholine rings is 1. The highest BCUT2D eigenvalue weighted by Crippen LogP contribution is 2.36. The van der Waals surface area contributed by atoms with Crippen LogP contribution in [0.5, 0.6) is 0 Å². The molecule has 2 heterocycles. The Bertz CT molecular complexity index is 686. The van der Waals surface area contributed by atoms with Crippen LogP contribution in [0.3, 0.4) is 0 Å². The fraction of sp³-hybridized carbons (Fsp3) is 0.333. The molecule has 8 heteroatoms. The summed E-state index contributed by atoms with van der Waals surface area (Å²) in [4.78, 5) is 13.7. The molecule has 1 aliphatic rings. The molecule has 0 aliphatic carbocycles. The number of amides is 1. The maximum absolute atomic E-state index is 13.1. The zero-order chi connectivity index (χ0) is 16.4. The molecule has 1 fully saturated rings. The fourth-order valence-corrected chi connectivity index (χ4v) is 2.54. The Morgan fingerprint density at radius 2 is 2.04 bits per heavy atom. The van der Waals surface area contributed by atoms with Gasteiger partial charge in [-0.25, -0.2) is 0 Å². The summed E-state index contributed by atoms with van der Waals surface area (Å²) in [5.74, 6) is -0.392. The number of alkyl halides is 3. The van der Waals surface area contributed by atoms with Gasteiger partial charge in [0.1, 0.15) is 12.4 Å². The highest BCUT2D eigenvalue weighted by atomic mass is 19.4. The summed E-state index contributed by atoms with van der Waals surface area (Å²) < 4.78 is 49.5. The van der Waals surface area contributed by atoms with E-state index in [0.717, 1.165) is 6.07 Å². The molecule has 3 rings (SSSR count). The quantitative estimate of drug-likeness (QED) is 0.851. The van der Waals surface area contributed by atoms with E-state index in [1.807, 2.05) is 0 Å². The summed E-state index contributed by atoms with van der Waals surface area (Å²) in [6, 6.07) is 6.64. The number of ether oxygens (including phenoxy) is 1. The van der Waals surface area contributed by atoms with Crippen molar-refractivity contribution < 1.29 is 27.2 Å². The van der Waals surface area contributed by atoms with Crippen LogP contribution < -0.4 is 0 Å². The van der Waals surface area contributed by atoms with Gasteiger partial charge in [0.05, 0.1) is 18.7 Å². The lowest BCUT2D eigenvalue weighted by Gasteiger charge is -2.33. The SMILES string of the molecule is O=C(c1ccon1)N1CCOC(c2ccccc2C(F)(F)F)C1. The van der Waals surface area contributed by atoms with Gasteiger partial charge in [0.2, 0.25) is 0 Å². The van der Waals surface area contributed by atoms with Gasteiger partial charge in [0.15, 0.2) is 5.69 Å². The van der Waals surface area contributed by atoms with Crippen molar-refractivity contribution in [1.82, 2.24) is 10.1 Å². The van der Waals surface area contributed by atoms with Crippen LogP contribution in [0.4, 0.5) is 13.2 Å². The minimum Gasteiger partial charge on any atom is -0.370 e. The van der Waals surface area contributed by atoms with Crippen LogP contribution >= 0.6 is 0 Å². The van der Waals surface area contributed by atoms with Crippen molar-refractivity contribution in [2.24, 2.45) is 0 Å². The lowest BCUT2D eigenvalue weighted by atomic mass is 10.0. The van der Waals surface area contributed by atoms with Gasteiger partial charge in [-0.05, 0) is 11.6 Å². The predicted molar refractivity (Wildman–Crippen MR) is 72.5 cm³/mol. The van der Waals surface area contributed by atoms with Gasteiger partial charge in [-0.3, -0.25) is 4.79 Å². The Morgan fingerprint density at radius 3 is 2.74 bits per heavy atom. The largest absolute Gasteiger partial charge is 0.416 e. The van der Waals surface area contributed by atoms with E-state index in [9.17, 15) is 18.0 Å². The lowest BCUT2D eigenvalue weighted by molar-refractivity contribution is -0.140. The van der Waals surface area contributed by atoms with Crippen molar-refractivity contribution in [2.75, 3.05) is 19.7 Å². The van der Waals surface area contributed by atoms with Crippen LogP contribution in [0.1, 0.15) is 27.7 Å². The van der Waals surface area contributed by atoms with E-state index < -0.39 is 23.8 Å². The van der Waals surface area contributed by atoms with Crippen LogP contribution in [-0.4, -0.2) is 35.7 Å². The van der Waals surface area contributed by atoms with Crippen LogP contribution in [-0.2, 0) is 10.9 Å². The number of aromatic nitrogens is 1. The maximum atomic E-state index is 13.1. The zero-order valence-corrected chi connectivity index (χ0v) is 11.9. The average molecular weight is 326 g/mol. The van der Waals surface area contributed by atoms with Crippen molar-refractivity contribution in [1.29, 1.82) is 0 Å². The van der Waals surface area contributed by atoms with Crippen molar-refractivity contribution in [2.45, 2.75) is 12.3 Å². The molecule has 2 aromatic rings. The Morgan fingerprint density at radius 1 is 1.26 bits per heavy atom. The molecule has 1 aliphatic heterocycles. The van der Waals surface area contributed by atoms with E-state index in [1.165, 1.54) is 35.4 Å². The van der Waals surface area contributed by atoms with E-state index in [4.69, 9.17) is 4.74 Å². The van der Waals surface area contributed by atoms with Crippen LogP contribution in [0.15, 0.2) is 41.1 Å². The van der Waals surface area contributed by atoms with Gasteiger partial charge < -0.3 is 14.2 Å². The monoisotopic (exact) mass is 326 g/mol. The van der Waals surface area contributed by atoms with E-state index >= 15 is 0 Å². The van der Waals surface area contributed by atoms with E-state index in [1.54, 1.807) is 0 Å². The summed E-state index contributed by atoms with van der Waals surface area (Å²) in [6.07, 6.45) is -4.04. The van der Waals surface area contributed by atoms with Gasteiger partial charge in [-0.15, -0.1) is 0 Å². The standard InChI is InChI=1S/C15H13F3N2O3/c16-15(17,18)11-4-2-1-3-10(11)13-9-20(6-8-22-13)14(21)12-5-7-23-19-12/h1-5,7,13H,6,8-9H2. The number of carbonyl (C=O) groups is 1. The fourth-order valence-electron chi connectivity index (χ4n) is 2.54. The molecule has 1 unspecified atom stereocenters. The van der Waals surface area contributed by atoms with Crippen molar-refractivity contribution in [3.63, 3.8) is 0 Å². The topological polar surface area (TPSA) is 55.6 Å². The Balaban J connectivity index is 1.84.